The van der Waals surface area contributed by atoms with Crippen molar-refractivity contribution >= 4 is 0 Å². The third-order valence-corrected chi connectivity index (χ3v) is 3.41. The van der Waals surface area contributed by atoms with Crippen LogP contribution in [0.5, 0.6) is 0 Å². The average Bonchev–Trinajstić information content (AvgIpc) is 2.40. The second-order valence-corrected chi connectivity index (χ2v) is 5.10. The molecule has 2 heteroatoms. The Bertz CT molecular complexity index is 531. The second kappa shape index (κ2) is 5.98. The van der Waals surface area contributed by atoms with Gasteiger partial charge >= 0.3 is 0 Å². The molecule has 0 amide bonds. The Morgan fingerprint density at radius 1 is 0.895 bits per heavy atom. The molecule has 1 atom stereocenters. The van der Waals surface area contributed by atoms with Gasteiger partial charge in [0, 0.05) is 0 Å². The van der Waals surface area contributed by atoms with E-state index in [4.69, 9.17) is 0 Å². The minimum atomic E-state index is -0.198. The van der Waals surface area contributed by atoms with E-state index in [0.29, 0.717) is 5.92 Å². The van der Waals surface area contributed by atoms with Crippen molar-refractivity contribution in [1.29, 1.82) is 0 Å². The van der Waals surface area contributed by atoms with Crippen LogP contribution < -0.4 is 5.32 Å². The third-order valence-electron chi connectivity index (χ3n) is 3.41. The van der Waals surface area contributed by atoms with Gasteiger partial charge in [0.2, 0.25) is 0 Å². The van der Waals surface area contributed by atoms with Gasteiger partial charge in [-0.05, 0) is 41.8 Å². The molecular weight excluding hydrogens is 237 g/mol. The maximum Gasteiger partial charge on any atom is 0.123 e. The van der Waals surface area contributed by atoms with Crippen LogP contribution in [0.15, 0.2) is 48.5 Å². The molecule has 0 heterocycles. The Hall–Kier alpha value is -1.67. The van der Waals surface area contributed by atoms with Gasteiger partial charge in [0.25, 0.3) is 0 Å². The fourth-order valence-corrected chi connectivity index (χ4v) is 2.29. The molecule has 2 aromatic carbocycles. The van der Waals surface area contributed by atoms with E-state index in [-0.39, 0.29) is 11.9 Å². The maximum absolute atomic E-state index is 13.3. The summed E-state index contributed by atoms with van der Waals surface area (Å²) in [7, 11) is 1.89. The monoisotopic (exact) mass is 257 g/mol. The van der Waals surface area contributed by atoms with E-state index in [1.807, 2.05) is 13.1 Å². The lowest BCUT2D eigenvalue weighted by atomic mass is 9.95. The molecule has 0 bridgehead atoms. The Morgan fingerprint density at radius 3 is 2.05 bits per heavy atom. The van der Waals surface area contributed by atoms with E-state index in [0.717, 1.165) is 11.1 Å². The van der Waals surface area contributed by atoms with Gasteiger partial charge in [0.15, 0.2) is 0 Å². The van der Waals surface area contributed by atoms with Crippen LogP contribution in [-0.4, -0.2) is 7.05 Å². The maximum atomic E-state index is 13.3. The molecule has 0 saturated carbocycles. The number of hydrogen-bond donors (Lipinski definition) is 1. The smallest absolute Gasteiger partial charge is 0.123 e. The largest absolute Gasteiger partial charge is 0.309 e. The summed E-state index contributed by atoms with van der Waals surface area (Å²) in [6.45, 7) is 4.36. The van der Waals surface area contributed by atoms with Gasteiger partial charge in [-0.2, -0.15) is 0 Å². The molecule has 0 radical (unpaired) electrons. The summed E-state index contributed by atoms with van der Waals surface area (Å²) in [4.78, 5) is 0. The molecule has 19 heavy (non-hydrogen) atoms. The Balaban J connectivity index is 2.31. The first kappa shape index (κ1) is 13.8. The van der Waals surface area contributed by atoms with Gasteiger partial charge in [0.1, 0.15) is 5.82 Å². The van der Waals surface area contributed by atoms with Crippen LogP contribution in [0, 0.1) is 5.82 Å². The zero-order chi connectivity index (χ0) is 13.8. The summed E-state index contributed by atoms with van der Waals surface area (Å²) in [6, 6.07) is 15.3. The van der Waals surface area contributed by atoms with Crippen molar-refractivity contribution in [1.82, 2.24) is 5.32 Å². The number of benzene rings is 2. The summed E-state index contributed by atoms with van der Waals surface area (Å²) in [5.74, 6) is 0.327. The molecule has 0 saturated heterocycles. The van der Waals surface area contributed by atoms with Crippen LogP contribution in [0.3, 0.4) is 0 Å². The van der Waals surface area contributed by atoms with Crippen LogP contribution in [0.4, 0.5) is 4.39 Å². The van der Waals surface area contributed by atoms with E-state index in [2.05, 4.69) is 43.4 Å². The quantitative estimate of drug-likeness (QED) is 0.863. The molecule has 100 valence electrons. The molecule has 0 spiro atoms. The highest BCUT2D eigenvalue weighted by molar-refractivity contribution is 5.34. The summed E-state index contributed by atoms with van der Waals surface area (Å²) >= 11 is 0. The normalized spacial score (nSPS) is 12.7. The van der Waals surface area contributed by atoms with Gasteiger partial charge in [-0.25, -0.2) is 4.39 Å². The van der Waals surface area contributed by atoms with E-state index in [9.17, 15) is 4.39 Å². The fourth-order valence-electron chi connectivity index (χ4n) is 2.29. The Kier molecular flexibility index (Phi) is 4.33. The van der Waals surface area contributed by atoms with Gasteiger partial charge in [-0.3, -0.25) is 0 Å². The number of nitrogens with one attached hydrogen (secondary N) is 1. The first-order chi connectivity index (χ1) is 9.11. The van der Waals surface area contributed by atoms with Crippen LogP contribution in [0.1, 0.15) is 42.5 Å². The molecular formula is C17H20FN. The van der Waals surface area contributed by atoms with Gasteiger partial charge in [-0.1, -0.05) is 50.2 Å². The van der Waals surface area contributed by atoms with Crippen molar-refractivity contribution < 1.29 is 4.39 Å². The first-order valence-electron chi connectivity index (χ1n) is 6.64. The molecule has 0 aliphatic rings. The lowest BCUT2D eigenvalue weighted by Crippen LogP contribution is -2.17. The van der Waals surface area contributed by atoms with E-state index in [1.54, 1.807) is 12.1 Å². The molecule has 0 aliphatic carbocycles. The molecule has 0 fully saturated rings. The summed E-state index contributed by atoms with van der Waals surface area (Å²) < 4.78 is 13.3. The molecule has 2 aromatic rings. The number of rotatable bonds is 4. The molecule has 1 nitrogen and oxygen atoms in total. The Morgan fingerprint density at radius 2 is 1.53 bits per heavy atom. The lowest BCUT2D eigenvalue weighted by molar-refractivity contribution is 0.616. The minimum absolute atomic E-state index is 0.0249. The SMILES string of the molecule is CNC(c1ccc(C(C)C)cc1)c1cccc(F)c1. The number of halogens is 1. The van der Waals surface area contributed by atoms with Crippen LogP contribution in [-0.2, 0) is 0 Å². The highest BCUT2D eigenvalue weighted by Crippen LogP contribution is 2.24. The molecule has 0 aromatic heterocycles. The summed E-state index contributed by atoms with van der Waals surface area (Å²) in [6.07, 6.45) is 0. The van der Waals surface area contributed by atoms with E-state index >= 15 is 0 Å². The van der Waals surface area contributed by atoms with Crippen LogP contribution in [0.2, 0.25) is 0 Å². The summed E-state index contributed by atoms with van der Waals surface area (Å²) in [5, 5.41) is 3.24. The summed E-state index contributed by atoms with van der Waals surface area (Å²) in [5.41, 5.74) is 3.41. The minimum Gasteiger partial charge on any atom is -0.309 e. The standard InChI is InChI=1S/C17H20FN/c1-12(2)13-7-9-14(10-8-13)17(19-3)15-5-4-6-16(18)11-15/h4-12,17,19H,1-3H3. The van der Waals surface area contributed by atoms with E-state index in [1.165, 1.54) is 11.6 Å². The van der Waals surface area contributed by atoms with Crippen molar-refractivity contribution in [2.24, 2.45) is 0 Å². The van der Waals surface area contributed by atoms with Crippen molar-refractivity contribution in [3.63, 3.8) is 0 Å². The average molecular weight is 257 g/mol. The first-order valence-corrected chi connectivity index (χ1v) is 6.64. The van der Waals surface area contributed by atoms with Gasteiger partial charge in [-0.15, -0.1) is 0 Å². The molecule has 1 N–H and O–H groups in total. The van der Waals surface area contributed by atoms with Gasteiger partial charge in [0.05, 0.1) is 6.04 Å². The van der Waals surface area contributed by atoms with Crippen molar-refractivity contribution in [2.45, 2.75) is 25.8 Å². The van der Waals surface area contributed by atoms with E-state index < -0.39 is 0 Å². The zero-order valence-electron chi connectivity index (χ0n) is 11.7. The Labute approximate surface area is 114 Å². The predicted molar refractivity (Wildman–Crippen MR) is 77.8 cm³/mol. The predicted octanol–water partition coefficient (Wildman–Crippen LogP) is 4.26. The van der Waals surface area contributed by atoms with Gasteiger partial charge < -0.3 is 5.32 Å². The zero-order valence-corrected chi connectivity index (χ0v) is 11.7. The highest BCUT2D eigenvalue weighted by atomic mass is 19.1. The van der Waals surface area contributed by atoms with Crippen molar-refractivity contribution in [3.05, 3.63) is 71.0 Å². The van der Waals surface area contributed by atoms with Crippen molar-refractivity contribution in [3.8, 4) is 0 Å². The topological polar surface area (TPSA) is 12.0 Å². The van der Waals surface area contributed by atoms with Crippen LogP contribution in [0.25, 0.3) is 0 Å². The van der Waals surface area contributed by atoms with Crippen LogP contribution >= 0.6 is 0 Å². The lowest BCUT2D eigenvalue weighted by Gasteiger charge is -2.18. The molecule has 0 aliphatic heterocycles. The third kappa shape index (κ3) is 3.21. The molecule has 1 unspecified atom stereocenters. The fraction of sp³-hybridized carbons (Fsp3) is 0.294. The highest BCUT2D eigenvalue weighted by Gasteiger charge is 2.12. The number of hydrogen-bond acceptors (Lipinski definition) is 1. The molecule has 2 rings (SSSR count). The van der Waals surface area contributed by atoms with Crippen molar-refractivity contribution in [2.75, 3.05) is 7.05 Å². The second-order valence-electron chi connectivity index (χ2n) is 5.10.